The van der Waals surface area contributed by atoms with Gasteiger partial charge in [0, 0.05) is 35.0 Å². The largest absolute Gasteiger partial charge is 0.473 e. The average Bonchev–Trinajstić information content (AvgIpc) is 3.42. The van der Waals surface area contributed by atoms with Crippen molar-refractivity contribution < 1.29 is 18.6 Å². The Morgan fingerprint density at radius 3 is 2.78 bits per heavy atom. The summed E-state index contributed by atoms with van der Waals surface area (Å²) in [7, 11) is 0. The number of benzene rings is 2. The molecular formula is C24H22FN3O3S. The van der Waals surface area contributed by atoms with Crippen LogP contribution in [-0.2, 0) is 13.2 Å². The van der Waals surface area contributed by atoms with Gasteiger partial charge in [-0.05, 0) is 43.7 Å². The maximum atomic E-state index is 13.6. The SMILES string of the molecule is Cc1nc(C(C)NCc2cc3cc4c(cc3nc2OCc2cccc(F)c2)OCO4)cs1. The first-order valence-corrected chi connectivity index (χ1v) is 11.2. The molecule has 2 aromatic carbocycles. The summed E-state index contributed by atoms with van der Waals surface area (Å²) in [4.78, 5) is 9.30. The van der Waals surface area contributed by atoms with Gasteiger partial charge in [-0.25, -0.2) is 14.4 Å². The van der Waals surface area contributed by atoms with Gasteiger partial charge in [0.05, 0.1) is 16.2 Å². The van der Waals surface area contributed by atoms with Gasteiger partial charge in [0.15, 0.2) is 11.5 Å². The predicted molar refractivity (Wildman–Crippen MR) is 121 cm³/mol. The second-order valence-electron chi connectivity index (χ2n) is 7.66. The number of thiazole rings is 1. The highest BCUT2D eigenvalue weighted by Crippen LogP contribution is 2.37. The Balaban J connectivity index is 1.43. The van der Waals surface area contributed by atoms with E-state index in [2.05, 4.69) is 22.6 Å². The maximum Gasteiger partial charge on any atom is 0.231 e. The number of pyridine rings is 1. The molecule has 0 saturated heterocycles. The lowest BCUT2D eigenvalue weighted by Crippen LogP contribution is -2.19. The van der Waals surface area contributed by atoms with E-state index in [1.54, 1.807) is 17.4 Å². The molecule has 4 aromatic rings. The van der Waals surface area contributed by atoms with E-state index < -0.39 is 0 Å². The molecule has 1 aliphatic rings. The van der Waals surface area contributed by atoms with Gasteiger partial charge in [0.25, 0.3) is 0 Å². The molecule has 2 aromatic heterocycles. The highest BCUT2D eigenvalue weighted by atomic mass is 32.1. The van der Waals surface area contributed by atoms with E-state index in [-0.39, 0.29) is 25.3 Å². The van der Waals surface area contributed by atoms with Gasteiger partial charge >= 0.3 is 0 Å². The molecule has 1 unspecified atom stereocenters. The van der Waals surface area contributed by atoms with Crippen molar-refractivity contribution in [2.24, 2.45) is 0 Å². The molecule has 0 saturated carbocycles. The standard InChI is InChI=1S/C24H22FN3O3S/c1-14(21-12-32-15(2)27-21)26-10-18-7-17-8-22-23(31-13-30-22)9-20(17)28-24(18)29-11-16-4-3-5-19(25)6-16/h3-9,12,14,26H,10-11,13H2,1-2H3. The third-order valence-electron chi connectivity index (χ3n) is 5.29. The smallest absolute Gasteiger partial charge is 0.231 e. The molecule has 1 aliphatic heterocycles. The first-order chi connectivity index (χ1) is 15.5. The summed E-state index contributed by atoms with van der Waals surface area (Å²) < 4.78 is 30.6. The van der Waals surface area contributed by atoms with Gasteiger partial charge < -0.3 is 19.5 Å². The molecular weight excluding hydrogens is 429 g/mol. The minimum atomic E-state index is -0.292. The minimum Gasteiger partial charge on any atom is -0.473 e. The van der Waals surface area contributed by atoms with E-state index in [1.165, 1.54) is 12.1 Å². The number of halogens is 1. The summed E-state index contributed by atoms with van der Waals surface area (Å²) in [6.07, 6.45) is 0. The van der Waals surface area contributed by atoms with Gasteiger partial charge in [-0.15, -0.1) is 11.3 Å². The zero-order valence-electron chi connectivity index (χ0n) is 17.7. The number of nitrogens with zero attached hydrogens (tertiary/aromatic N) is 2. The third-order valence-corrected chi connectivity index (χ3v) is 6.08. The van der Waals surface area contributed by atoms with Gasteiger partial charge in [-0.3, -0.25) is 0 Å². The normalized spacial score (nSPS) is 13.5. The summed E-state index contributed by atoms with van der Waals surface area (Å²) in [5.74, 6) is 1.58. The molecule has 0 bridgehead atoms. The highest BCUT2D eigenvalue weighted by Gasteiger charge is 2.18. The van der Waals surface area contributed by atoms with Gasteiger partial charge in [-0.2, -0.15) is 0 Å². The van der Waals surface area contributed by atoms with Crippen LogP contribution in [0.4, 0.5) is 4.39 Å². The number of hydrogen-bond acceptors (Lipinski definition) is 7. The number of fused-ring (bicyclic) bond motifs is 2. The lowest BCUT2D eigenvalue weighted by Gasteiger charge is -2.16. The fraction of sp³-hybridized carbons (Fsp3) is 0.250. The van der Waals surface area contributed by atoms with Crippen LogP contribution < -0.4 is 19.5 Å². The fourth-order valence-corrected chi connectivity index (χ4v) is 4.27. The van der Waals surface area contributed by atoms with Crippen LogP contribution in [0.25, 0.3) is 10.9 Å². The van der Waals surface area contributed by atoms with E-state index in [1.807, 2.05) is 31.2 Å². The van der Waals surface area contributed by atoms with Crippen molar-refractivity contribution in [3.05, 3.63) is 75.5 Å². The van der Waals surface area contributed by atoms with Crippen LogP contribution >= 0.6 is 11.3 Å². The van der Waals surface area contributed by atoms with Crippen molar-refractivity contribution in [2.75, 3.05) is 6.79 Å². The van der Waals surface area contributed by atoms with Crippen molar-refractivity contribution in [3.63, 3.8) is 0 Å². The molecule has 5 rings (SSSR count). The lowest BCUT2D eigenvalue weighted by molar-refractivity contribution is 0.174. The van der Waals surface area contributed by atoms with Crippen molar-refractivity contribution in [1.29, 1.82) is 0 Å². The van der Waals surface area contributed by atoms with Crippen molar-refractivity contribution >= 4 is 22.2 Å². The molecule has 1 atom stereocenters. The third kappa shape index (κ3) is 4.37. The topological polar surface area (TPSA) is 65.5 Å². The second kappa shape index (κ2) is 8.72. The van der Waals surface area contributed by atoms with E-state index in [9.17, 15) is 4.39 Å². The summed E-state index contributed by atoms with van der Waals surface area (Å²) in [5.41, 5.74) is 3.39. The number of aryl methyl sites for hydroxylation is 1. The molecule has 0 spiro atoms. The monoisotopic (exact) mass is 451 g/mol. The molecule has 8 heteroatoms. The van der Waals surface area contributed by atoms with Crippen LogP contribution in [0.3, 0.4) is 0 Å². The molecule has 0 radical (unpaired) electrons. The van der Waals surface area contributed by atoms with Gasteiger partial charge in [-0.1, -0.05) is 12.1 Å². The fourth-order valence-electron chi connectivity index (χ4n) is 3.57. The molecule has 32 heavy (non-hydrogen) atoms. The summed E-state index contributed by atoms with van der Waals surface area (Å²) >= 11 is 1.63. The van der Waals surface area contributed by atoms with Crippen molar-refractivity contribution in [1.82, 2.24) is 15.3 Å². The molecule has 0 fully saturated rings. The maximum absolute atomic E-state index is 13.6. The molecule has 6 nitrogen and oxygen atoms in total. The highest BCUT2D eigenvalue weighted by molar-refractivity contribution is 7.09. The summed E-state index contributed by atoms with van der Waals surface area (Å²) in [6.45, 7) is 5.03. The Kier molecular flexibility index (Phi) is 5.63. The molecule has 0 aliphatic carbocycles. The first kappa shape index (κ1) is 20.7. The second-order valence-corrected chi connectivity index (χ2v) is 8.73. The van der Waals surface area contributed by atoms with E-state index in [0.29, 0.717) is 23.9 Å². The number of hydrogen-bond donors (Lipinski definition) is 1. The van der Waals surface area contributed by atoms with E-state index >= 15 is 0 Å². The average molecular weight is 452 g/mol. The Bertz CT molecular complexity index is 1280. The van der Waals surface area contributed by atoms with Crippen LogP contribution in [0.5, 0.6) is 17.4 Å². The van der Waals surface area contributed by atoms with Gasteiger partial charge in [0.2, 0.25) is 12.7 Å². The Labute approximate surface area is 189 Å². The van der Waals surface area contributed by atoms with Crippen molar-refractivity contribution in [2.45, 2.75) is 33.0 Å². The van der Waals surface area contributed by atoms with Gasteiger partial charge in [0.1, 0.15) is 12.4 Å². The Morgan fingerprint density at radius 2 is 2.00 bits per heavy atom. The number of aromatic nitrogens is 2. The quantitative estimate of drug-likeness (QED) is 0.412. The Hall–Kier alpha value is -3.23. The number of ether oxygens (including phenoxy) is 3. The van der Waals surface area contributed by atoms with Crippen LogP contribution in [0.15, 0.2) is 47.8 Å². The minimum absolute atomic E-state index is 0.0727. The lowest BCUT2D eigenvalue weighted by atomic mass is 10.1. The number of nitrogens with one attached hydrogen (secondary N) is 1. The van der Waals surface area contributed by atoms with Crippen molar-refractivity contribution in [3.8, 4) is 17.4 Å². The zero-order valence-corrected chi connectivity index (χ0v) is 18.5. The summed E-state index contributed by atoms with van der Waals surface area (Å²) in [5, 5.41) is 7.53. The van der Waals surface area contributed by atoms with Crippen LogP contribution in [0.2, 0.25) is 0 Å². The molecule has 164 valence electrons. The molecule has 1 N–H and O–H groups in total. The number of rotatable bonds is 7. The van der Waals surface area contributed by atoms with E-state index in [0.717, 1.165) is 32.7 Å². The summed E-state index contributed by atoms with van der Waals surface area (Å²) in [6, 6.07) is 12.3. The predicted octanol–water partition coefficient (Wildman–Crippen LogP) is 5.30. The Morgan fingerprint density at radius 1 is 1.16 bits per heavy atom. The van der Waals surface area contributed by atoms with Crippen LogP contribution in [-0.4, -0.2) is 16.8 Å². The zero-order chi connectivity index (χ0) is 22.1. The molecule has 0 amide bonds. The van der Waals surface area contributed by atoms with E-state index in [4.69, 9.17) is 19.2 Å². The first-order valence-electron chi connectivity index (χ1n) is 10.3. The molecule has 3 heterocycles. The van der Waals surface area contributed by atoms with Crippen LogP contribution in [0, 0.1) is 12.7 Å². The van der Waals surface area contributed by atoms with Crippen LogP contribution in [0.1, 0.15) is 34.8 Å².